The summed E-state index contributed by atoms with van der Waals surface area (Å²) in [5.74, 6) is 1.17. The molecule has 1 aromatic heterocycles. The molecule has 0 amide bonds. The monoisotopic (exact) mass is 326 g/mol. The number of carbonyl (C=O) groups excluding carboxylic acids is 1. The maximum atomic E-state index is 13.0. The van der Waals surface area contributed by atoms with E-state index in [9.17, 15) is 4.79 Å². The van der Waals surface area contributed by atoms with E-state index < -0.39 is 5.41 Å². The SMILES string of the molecule is CCCCC1CCC(C(=O)Oc2ccccc2)(c2ccn[nH]2)CC1. The van der Waals surface area contributed by atoms with Gasteiger partial charge in [0.1, 0.15) is 11.2 Å². The van der Waals surface area contributed by atoms with E-state index in [-0.39, 0.29) is 5.97 Å². The Balaban J connectivity index is 1.76. The van der Waals surface area contributed by atoms with E-state index >= 15 is 0 Å². The minimum Gasteiger partial charge on any atom is -0.426 e. The van der Waals surface area contributed by atoms with E-state index in [1.54, 1.807) is 6.20 Å². The van der Waals surface area contributed by atoms with E-state index in [0.717, 1.165) is 37.3 Å². The van der Waals surface area contributed by atoms with Crippen LogP contribution in [0.3, 0.4) is 0 Å². The summed E-state index contributed by atoms with van der Waals surface area (Å²) in [7, 11) is 0. The highest BCUT2D eigenvalue weighted by Gasteiger charge is 2.45. The fourth-order valence-electron chi connectivity index (χ4n) is 3.75. The number of para-hydroxylation sites is 1. The number of nitrogens with zero attached hydrogens (tertiary/aromatic N) is 1. The molecule has 24 heavy (non-hydrogen) atoms. The molecular weight excluding hydrogens is 300 g/mol. The van der Waals surface area contributed by atoms with Crippen molar-refractivity contribution in [2.75, 3.05) is 0 Å². The minimum atomic E-state index is -0.588. The number of esters is 1. The van der Waals surface area contributed by atoms with E-state index in [4.69, 9.17) is 4.74 Å². The molecule has 1 aromatic carbocycles. The summed E-state index contributed by atoms with van der Waals surface area (Å²) < 4.78 is 5.71. The van der Waals surface area contributed by atoms with Gasteiger partial charge in [-0.15, -0.1) is 0 Å². The van der Waals surface area contributed by atoms with Crippen molar-refractivity contribution >= 4 is 5.97 Å². The van der Waals surface area contributed by atoms with Crippen LogP contribution < -0.4 is 4.74 Å². The fourth-order valence-corrected chi connectivity index (χ4v) is 3.75. The predicted molar refractivity (Wildman–Crippen MR) is 93.8 cm³/mol. The lowest BCUT2D eigenvalue weighted by Crippen LogP contribution is -2.43. The van der Waals surface area contributed by atoms with Gasteiger partial charge in [-0.25, -0.2) is 0 Å². The Morgan fingerprint density at radius 2 is 2.00 bits per heavy atom. The Hall–Kier alpha value is -2.10. The molecule has 2 aromatic rings. The zero-order valence-electron chi connectivity index (χ0n) is 14.3. The summed E-state index contributed by atoms with van der Waals surface area (Å²) in [6.45, 7) is 2.23. The van der Waals surface area contributed by atoms with Gasteiger partial charge in [0.25, 0.3) is 0 Å². The van der Waals surface area contributed by atoms with Crippen LogP contribution in [-0.4, -0.2) is 16.2 Å². The van der Waals surface area contributed by atoms with Crippen LogP contribution in [0.5, 0.6) is 5.75 Å². The van der Waals surface area contributed by atoms with Crippen molar-refractivity contribution in [3.8, 4) is 5.75 Å². The largest absolute Gasteiger partial charge is 0.426 e. The summed E-state index contributed by atoms with van der Waals surface area (Å²) >= 11 is 0. The third-order valence-electron chi connectivity index (χ3n) is 5.29. The summed E-state index contributed by atoms with van der Waals surface area (Å²) in [5, 5.41) is 7.09. The third-order valence-corrected chi connectivity index (χ3v) is 5.29. The third kappa shape index (κ3) is 3.53. The Morgan fingerprint density at radius 3 is 2.62 bits per heavy atom. The first-order valence-electron chi connectivity index (χ1n) is 9.02. The van der Waals surface area contributed by atoms with Gasteiger partial charge in [-0.2, -0.15) is 5.10 Å². The molecule has 1 aliphatic rings. The summed E-state index contributed by atoms with van der Waals surface area (Å²) in [6.07, 6.45) is 9.30. The number of nitrogens with one attached hydrogen (secondary N) is 1. The number of unbranched alkanes of at least 4 members (excludes halogenated alkanes) is 1. The molecular formula is C20H26N2O2. The second kappa shape index (κ2) is 7.65. The first-order chi connectivity index (χ1) is 11.7. The summed E-state index contributed by atoms with van der Waals surface area (Å²) in [4.78, 5) is 13.0. The van der Waals surface area contributed by atoms with Crippen molar-refractivity contribution in [1.82, 2.24) is 10.2 Å². The van der Waals surface area contributed by atoms with Gasteiger partial charge in [0, 0.05) is 6.20 Å². The molecule has 1 N–H and O–H groups in total. The topological polar surface area (TPSA) is 55.0 Å². The van der Waals surface area contributed by atoms with Crippen LogP contribution in [0, 0.1) is 5.92 Å². The Labute approximate surface area is 143 Å². The lowest BCUT2D eigenvalue weighted by Gasteiger charge is -2.37. The highest BCUT2D eigenvalue weighted by molar-refractivity contribution is 5.84. The Kier molecular flexibility index (Phi) is 5.34. The lowest BCUT2D eigenvalue weighted by atomic mass is 9.67. The second-order valence-corrected chi connectivity index (χ2v) is 6.84. The van der Waals surface area contributed by atoms with Gasteiger partial charge >= 0.3 is 5.97 Å². The standard InChI is InChI=1S/C20H26N2O2/c1-2-3-7-16-10-13-20(14-11-16,18-12-15-21-22-18)19(23)24-17-8-5-4-6-9-17/h4-6,8-9,12,15-16H,2-3,7,10-11,13-14H2,1H3,(H,21,22). The van der Waals surface area contributed by atoms with Crippen molar-refractivity contribution in [2.24, 2.45) is 5.92 Å². The maximum Gasteiger partial charge on any atom is 0.323 e. The number of hydrogen-bond acceptors (Lipinski definition) is 3. The predicted octanol–water partition coefficient (Wildman–Crippen LogP) is 4.63. The average Bonchev–Trinajstić information content (AvgIpc) is 3.16. The van der Waals surface area contributed by atoms with E-state index in [1.807, 2.05) is 36.4 Å². The minimum absolute atomic E-state index is 0.160. The Morgan fingerprint density at radius 1 is 1.25 bits per heavy atom. The number of aromatic nitrogens is 2. The number of hydrogen-bond donors (Lipinski definition) is 1. The van der Waals surface area contributed by atoms with E-state index in [0.29, 0.717) is 5.75 Å². The second-order valence-electron chi connectivity index (χ2n) is 6.84. The summed E-state index contributed by atoms with van der Waals surface area (Å²) in [6, 6.07) is 11.2. The molecule has 128 valence electrons. The van der Waals surface area contributed by atoms with Crippen LogP contribution in [-0.2, 0) is 10.2 Å². The lowest BCUT2D eigenvalue weighted by molar-refractivity contribution is -0.143. The molecule has 0 aliphatic heterocycles. The number of benzene rings is 1. The van der Waals surface area contributed by atoms with E-state index in [2.05, 4.69) is 17.1 Å². The van der Waals surface area contributed by atoms with Gasteiger partial charge in [-0.1, -0.05) is 44.4 Å². The normalized spacial score (nSPS) is 23.8. The van der Waals surface area contributed by atoms with Crippen molar-refractivity contribution in [2.45, 2.75) is 57.3 Å². The van der Waals surface area contributed by atoms with Crippen LogP contribution in [0.15, 0.2) is 42.6 Å². The molecule has 0 bridgehead atoms. The van der Waals surface area contributed by atoms with Crippen LogP contribution in [0.25, 0.3) is 0 Å². The van der Waals surface area contributed by atoms with Crippen molar-refractivity contribution in [1.29, 1.82) is 0 Å². The molecule has 0 atom stereocenters. The molecule has 3 rings (SSSR count). The van der Waals surface area contributed by atoms with Crippen molar-refractivity contribution < 1.29 is 9.53 Å². The molecule has 1 fully saturated rings. The molecule has 1 saturated carbocycles. The number of rotatable bonds is 6. The van der Waals surface area contributed by atoms with Gasteiger partial charge in [-0.3, -0.25) is 9.89 Å². The molecule has 1 aliphatic carbocycles. The van der Waals surface area contributed by atoms with Crippen LogP contribution in [0.2, 0.25) is 0 Å². The highest BCUT2D eigenvalue weighted by Crippen LogP contribution is 2.43. The number of H-pyrrole nitrogens is 1. The first kappa shape index (κ1) is 16.7. The number of aromatic amines is 1. The van der Waals surface area contributed by atoms with Gasteiger partial charge in [0.05, 0.1) is 5.69 Å². The highest BCUT2D eigenvalue weighted by atomic mass is 16.5. The molecule has 0 unspecified atom stereocenters. The Bertz CT molecular complexity index is 629. The van der Waals surface area contributed by atoms with Crippen LogP contribution >= 0.6 is 0 Å². The van der Waals surface area contributed by atoms with Gasteiger partial charge in [0.15, 0.2) is 0 Å². The number of carbonyl (C=O) groups is 1. The van der Waals surface area contributed by atoms with Crippen LogP contribution in [0.4, 0.5) is 0 Å². The average molecular weight is 326 g/mol. The smallest absolute Gasteiger partial charge is 0.323 e. The zero-order valence-corrected chi connectivity index (χ0v) is 14.3. The quantitative estimate of drug-likeness (QED) is 0.622. The van der Waals surface area contributed by atoms with E-state index in [1.165, 1.54) is 19.3 Å². The molecule has 4 heteroatoms. The number of ether oxygens (including phenoxy) is 1. The molecule has 0 saturated heterocycles. The molecule has 0 spiro atoms. The van der Waals surface area contributed by atoms with Crippen molar-refractivity contribution in [3.05, 3.63) is 48.3 Å². The molecule has 1 heterocycles. The van der Waals surface area contributed by atoms with Gasteiger partial charge < -0.3 is 4.74 Å². The first-order valence-corrected chi connectivity index (χ1v) is 9.02. The zero-order chi connectivity index (χ0) is 16.8. The fraction of sp³-hybridized carbons (Fsp3) is 0.500. The van der Waals surface area contributed by atoms with Crippen LogP contribution in [0.1, 0.15) is 57.6 Å². The van der Waals surface area contributed by atoms with Crippen molar-refractivity contribution in [3.63, 3.8) is 0 Å². The molecule has 4 nitrogen and oxygen atoms in total. The maximum absolute atomic E-state index is 13.0. The van der Waals surface area contributed by atoms with Gasteiger partial charge in [-0.05, 0) is 49.8 Å². The summed E-state index contributed by atoms with van der Waals surface area (Å²) in [5.41, 5.74) is 0.298. The molecule has 0 radical (unpaired) electrons. The van der Waals surface area contributed by atoms with Gasteiger partial charge in [0.2, 0.25) is 0 Å².